The molecule has 0 saturated carbocycles. The summed E-state index contributed by atoms with van der Waals surface area (Å²) in [6, 6.07) is 0.356. The number of piperidine rings is 1. The quantitative estimate of drug-likeness (QED) is 0.869. The van der Waals surface area contributed by atoms with Gasteiger partial charge in [-0.05, 0) is 37.4 Å². The molecule has 122 valence electrons. The number of likely N-dealkylation sites (tertiary alicyclic amines) is 1. The average Bonchev–Trinajstić information content (AvgIpc) is 2.65. The number of amides is 2. The van der Waals surface area contributed by atoms with Gasteiger partial charge in [-0.15, -0.1) is 0 Å². The molecule has 2 saturated heterocycles. The lowest BCUT2D eigenvalue weighted by molar-refractivity contribution is 0.129. The minimum atomic E-state index is 0.128. The van der Waals surface area contributed by atoms with Crippen molar-refractivity contribution in [3.8, 4) is 0 Å². The number of carbonyl (C=O) groups excluding carboxylic acids is 1. The fraction of sp³-hybridized carbons (Fsp3) is 0.938. The van der Waals surface area contributed by atoms with Crippen molar-refractivity contribution in [2.45, 2.75) is 39.7 Å². The van der Waals surface area contributed by atoms with E-state index in [1.165, 1.54) is 25.3 Å². The van der Waals surface area contributed by atoms with Crippen molar-refractivity contribution >= 4 is 17.8 Å². The second-order valence-corrected chi connectivity index (χ2v) is 8.19. The van der Waals surface area contributed by atoms with Crippen LogP contribution < -0.4 is 5.32 Å². The summed E-state index contributed by atoms with van der Waals surface area (Å²) in [7, 11) is 0. The van der Waals surface area contributed by atoms with Crippen molar-refractivity contribution in [3.63, 3.8) is 0 Å². The van der Waals surface area contributed by atoms with Gasteiger partial charge in [0.2, 0.25) is 0 Å². The molecule has 0 spiro atoms. The van der Waals surface area contributed by atoms with Crippen molar-refractivity contribution in [2.75, 3.05) is 44.2 Å². The Morgan fingerprint density at radius 2 is 1.95 bits per heavy atom. The van der Waals surface area contributed by atoms with Crippen LogP contribution in [0.2, 0.25) is 0 Å². The second kappa shape index (κ2) is 8.28. The Morgan fingerprint density at radius 1 is 1.24 bits per heavy atom. The van der Waals surface area contributed by atoms with Gasteiger partial charge in [0.25, 0.3) is 0 Å². The first-order valence-corrected chi connectivity index (χ1v) is 9.55. The van der Waals surface area contributed by atoms with E-state index in [9.17, 15) is 4.79 Å². The predicted octanol–water partition coefficient (Wildman–Crippen LogP) is 2.50. The minimum absolute atomic E-state index is 0.128. The average molecular weight is 314 g/mol. The van der Waals surface area contributed by atoms with Gasteiger partial charge in [-0.3, -0.25) is 0 Å². The first kappa shape index (κ1) is 16.9. The molecule has 0 unspecified atom stereocenters. The van der Waals surface area contributed by atoms with E-state index in [1.54, 1.807) is 0 Å². The summed E-state index contributed by atoms with van der Waals surface area (Å²) >= 11 is 1.95. The highest BCUT2D eigenvalue weighted by Gasteiger charge is 2.24. The summed E-state index contributed by atoms with van der Waals surface area (Å²) in [6.45, 7) is 11.9. The molecule has 2 aliphatic heterocycles. The van der Waals surface area contributed by atoms with Crippen LogP contribution in [0.15, 0.2) is 0 Å². The van der Waals surface area contributed by atoms with Crippen LogP contribution in [0.3, 0.4) is 0 Å². The topological polar surface area (TPSA) is 35.6 Å². The SMILES string of the molecule is C[C@@H]1C[C@H](C)CN(C[C@@H](C)NC(=O)N2CCCSCC2)C1. The van der Waals surface area contributed by atoms with E-state index < -0.39 is 0 Å². The van der Waals surface area contributed by atoms with E-state index >= 15 is 0 Å². The van der Waals surface area contributed by atoms with Crippen LogP contribution in [0.4, 0.5) is 4.79 Å². The maximum atomic E-state index is 12.3. The summed E-state index contributed by atoms with van der Waals surface area (Å²) in [4.78, 5) is 16.8. The molecule has 2 fully saturated rings. The largest absolute Gasteiger partial charge is 0.334 e. The van der Waals surface area contributed by atoms with Gasteiger partial charge < -0.3 is 15.1 Å². The molecule has 0 aromatic rings. The highest BCUT2D eigenvalue weighted by atomic mass is 32.2. The third-order valence-electron chi connectivity index (χ3n) is 4.36. The van der Waals surface area contributed by atoms with E-state index in [1.807, 2.05) is 16.7 Å². The molecule has 21 heavy (non-hydrogen) atoms. The van der Waals surface area contributed by atoms with Gasteiger partial charge in [0.1, 0.15) is 0 Å². The third-order valence-corrected chi connectivity index (χ3v) is 5.40. The van der Waals surface area contributed by atoms with Crippen molar-refractivity contribution < 1.29 is 4.79 Å². The molecule has 0 radical (unpaired) electrons. The number of carbonyl (C=O) groups is 1. The van der Waals surface area contributed by atoms with Crippen LogP contribution in [0.1, 0.15) is 33.6 Å². The normalized spacial score (nSPS) is 29.8. The van der Waals surface area contributed by atoms with Gasteiger partial charge in [0.15, 0.2) is 0 Å². The molecule has 2 amide bonds. The molecular weight excluding hydrogens is 282 g/mol. The zero-order valence-corrected chi connectivity index (χ0v) is 14.6. The maximum Gasteiger partial charge on any atom is 0.317 e. The Morgan fingerprint density at radius 3 is 2.67 bits per heavy atom. The standard InChI is InChI=1S/C16H31N3OS/c1-13-9-14(2)11-18(10-13)12-15(3)17-16(20)19-5-4-7-21-8-6-19/h13-15H,4-12H2,1-3H3,(H,17,20)/t13-,14+,15-/m1/s1. The van der Waals surface area contributed by atoms with Gasteiger partial charge in [-0.25, -0.2) is 4.79 Å². The van der Waals surface area contributed by atoms with Gasteiger partial charge in [-0.2, -0.15) is 11.8 Å². The molecule has 4 nitrogen and oxygen atoms in total. The van der Waals surface area contributed by atoms with E-state index in [0.29, 0.717) is 0 Å². The lowest BCUT2D eigenvalue weighted by Gasteiger charge is -2.36. The highest BCUT2D eigenvalue weighted by Crippen LogP contribution is 2.20. The van der Waals surface area contributed by atoms with Crippen molar-refractivity contribution in [3.05, 3.63) is 0 Å². The summed E-state index contributed by atoms with van der Waals surface area (Å²) in [5.74, 6) is 3.81. The lowest BCUT2D eigenvalue weighted by atomic mass is 9.92. The summed E-state index contributed by atoms with van der Waals surface area (Å²) in [5, 5.41) is 3.19. The predicted molar refractivity (Wildman–Crippen MR) is 90.9 cm³/mol. The number of hydrogen-bond donors (Lipinski definition) is 1. The molecule has 1 N–H and O–H groups in total. The molecule has 3 atom stereocenters. The van der Waals surface area contributed by atoms with Crippen molar-refractivity contribution in [2.24, 2.45) is 11.8 Å². The van der Waals surface area contributed by atoms with Gasteiger partial charge in [0.05, 0.1) is 0 Å². The second-order valence-electron chi connectivity index (χ2n) is 6.97. The number of thioether (sulfide) groups is 1. The molecule has 0 bridgehead atoms. The number of rotatable bonds is 3. The van der Waals surface area contributed by atoms with Crippen molar-refractivity contribution in [1.29, 1.82) is 0 Å². The van der Waals surface area contributed by atoms with Crippen LogP contribution in [0, 0.1) is 11.8 Å². The fourth-order valence-corrected chi connectivity index (χ4v) is 4.51. The Hall–Kier alpha value is -0.420. The maximum absolute atomic E-state index is 12.3. The number of hydrogen-bond acceptors (Lipinski definition) is 3. The van der Waals surface area contributed by atoms with E-state index in [-0.39, 0.29) is 12.1 Å². The summed E-state index contributed by atoms with van der Waals surface area (Å²) < 4.78 is 0. The number of nitrogens with zero attached hydrogens (tertiary/aromatic N) is 2. The minimum Gasteiger partial charge on any atom is -0.334 e. The van der Waals surface area contributed by atoms with E-state index in [4.69, 9.17) is 0 Å². The van der Waals surface area contributed by atoms with Crippen LogP contribution in [-0.2, 0) is 0 Å². The van der Waals surface area contributed by atoms with Crippen LogP contribution in [0.5, 0.6) is 0 Å². The zero-order chi connectivity index (χ0) is 15.2. The fourth-order valence-electron chi connectivity index (χ4n) is 3.63. The van der Waals surface area contributed by atoms with Crippen LogP contribution in [0.25, 0.3) is 0 Å². The van der Waals surface area contributed by atoms with Gasteiger partial charge >= 0.3 is 6.03 Å². The zero-order valence-electron chi connectivity index (χ0n) is 13.8. The van der Waals surface area contributed by atoms with Crippen LogP contribution in [-0.4, -0.2) is 66.1 Å². The van der Waals surface area contributed by atoms with Crippen LogP contribution >= 0.6 is 11.8 Å². The summed E-state index contributed by atoms with van der Waals surface area (Å²) in [6.07, 6.45) is 2.45. The Balaban J connectivity index is 1.75. The van der Waals surface area contributed by atoms with E-state index in [0.717, 1.165) is 43.6 Å². The molecule has 2 aliphatic rings. The third kappa shape index (κ3) is 5.70. The highest BCUT2D eigenvalue weighted by molar-refractivity contribution is 7.99. The molecule has 0 aliphatic carbocycles. The molecule has 5 heteroatoms. The van der Waals surface area contributed by atoms with Gasteiger partial charge in [-0.1, -0.05) is 13.8 Å². The first-order valence-electron chi connectivity index (χ1n) is 8.40. The molecule has 0 aromatic carbocycles. The monoisotopic (exact) mass is 313 g/mol. The first-order chi connectivity index (χ1) is 10.0. The Labute approximate surface area is 134 Å². The summed E-state index contributed by atoms with van der Waals surface area (Å²) in [5.41, 5.74) is 0. The Bertz CT molecular complexity index is 321. The number of urea groups is 1. The Kier molecular flexibility index (Phi) is 6.68. The smallest absolute Gasteiger partial charge is 0.317 e. The van der Waals surface area contributed by atoms with E-state index in [2.05, 4.69) is 31.0 Å². The lowest BCUT2D eigenvalue weighted by Crippen LogP contribution is -2.50. The molecule has 2 rings (SSSR count). The van der Waals surface area contributed by atoms with Crippen molar-refractivity contribution in [1.82, 2.24) is 15.1 Å². The molecule has 2 heterocycles. The number of nitrogens with one attached hydrogen (secondary N) is 1. The van der Waals surface area contributed by atoms with Gasteiger partial charge in [0, 0.05) is 44.5 Å². The molecule has 0 aromatic heterocycles. The molecular formula is C16H31N3OS.